The van der Waals surface area contributed by atoms with E-state index in [2.05, 4.69) is 11.1 Å². The summed E-state index contributed by atoms with van der Waals surface area (Å²) in [6.45, 7) is 3.20. The van der Waals surface area contributed by atoms with Crippen molar-refractivity contribution in [2.75, 3.05) is 6.54 Å². The third-order valence-electron chi connectivity index (χ3n) is 5.68. The molecule has 23 N–H and O–H groups in total. The Balaban J connectivity index is -0.000000289. The highest BCUT2D eigenvalue weighted by Gasteiger charge is 2.14. The number of carbonyl (C=O) groups excluding carboxylic acids is 2. The number of primary amides is 2. The lowest BCUT2D eigenvalue weighted by Crippen LogP contribution is -2.34. The highest BCUT2D eigenvalue weighted by Crippen LogP contribution is 2.09. The predicted octanol–water partition coefficient (Wildman–Crippen LogP) is -2.50. The summed E-state index contributed by atoms with van der Waals surface area (Å²) >= 11 is 0. The maximum atomic E-state index is 10.4. The Labute approximate surface area is 315 Å². The number of carboxylic acids is 6. The molecule has 23 nitrogen and oxygen atoms in total. The van der Waals surface area contributed by atoms with Gasteiger partial charge in [0, 0.05) is 6.54 Å². The van der Waals surface area contributed by atoms with Crippen LogP contribution in [-0.2, 0) is 33.6 Å². The van der Waals surface area contributed by atoms with E-state index >= 15 is 0 Å². The van der Waals surface area contributed by atoms with Gasteiger partial charge < -0.3 is 81.8 Å². The standard InChI is InChI=1S/2C8H9NO2.C6H13N3O3.C4H8N2O3.2C3H7NO2/c2*9-7(8(10)11)6-4-2-1-3-5-6;7-4(5(10)11)2-1-3-9-6(8)12;5-2(4(8)9)1-3(6)7;2*1-2(4)3(5)6/h2*1-5,7H,9H2,(H,10,11);4H,1-3,7H2,(H,10,11)(H3,8,9,12);2H,1,5H2,(H2,6,7)(H,8,9);2*2H,4H2,1H3,(H,5,6)/t7-;;4-;2*2-;/m0.000./s1. The number of hydrogen-bond acceptors (Lipinski definition) is 14. The molecular formula is C32H53N9O14. The van der Waals surface area contributed by atoms with Crippen molar-refractivity contribution in [1.82, 2.24) is 5.32 Å². The van der Waals surface area contributed by atoms with Crippen LogP contribution in [0.1, 0.15) is 56.3 Å². The van der Waals surface area contributed by atoms with Crippen LogP contribution < -0.4 is 51.2 Å². The van der Waals surface area contributed by atoms with Gasteiger partial charge in [-0.1, -0.05) is 60.7 Å². The smallest absolute Gasteiger partial charge is 0.325 e. The number of benzene rings is 2. The zero-order chi connectivity index (χ0) is 43.8. The van der Waals surface area contributed by atoms with Crippen LogP contribution in [0, 0.1) is 0 Å². The van der Waals surface area contributed by atoms with Gasteiger partial charge in [-0.3, -0.25) is 33.6 Å². The van der Waals surface area contributed by atoms with E-state index in [0.29, 0.717) is 30.5 Å². The maximum Gasteiger partial charge on any atom is 0.325 e. The molecule has 6 atom stereocenters. The largest absolute Gasteiger partial charge is 0.480 e. The summed E-state index contributed by atoms with van der Waals surface area (Å²) in [5.74, 6) is -6.88. The molecule has 0 aromatic heterocycles. The van der Waals surface area contributed by atoms with E-state index in [1.54, 1.807) is 48.5 Å². The van der Waals surface area contributed by atoms with Crippen LogP contribution in [0.4, 0.5) is 4.79 Å². The molecule has 310 valence electrons. The van der Waals surface area contributed by atoms with Crippen molar-refractivity contribution in [1.29, 1.82) is 0 Å². The number of hydrogen-bond donors (Lipinski definition) is 15. The van der Waals surface area contributed by atoms with Gasteiger partial charge in [-0.15, -0.1) is 0 Å². The average molecular weight is 788 g/mol. The Morgan fingerprint density at radius 1 is 0.527 bits per heavy atom. The topological polar surface area (TPSA) is 478 Å². The number of carbonyl (C=O) groups is 8. The fourth-order valence-electron chi connectivity index (χ4n) is 2.57. The van der Waals surface area contributed by atoms with Gasteiger partial charge in [0.05, 0.1) is 6.42 Å². The van der Waals surface area contributed by atoms with Crippen molar-refractivity contribution in [2.24, 2.45) is 45.9 Å². The van der Waals surface area contributed by atoms with Gasteiger partial charge in [0.25, 0.3) is 0 Å². The summed E-state index contributed by atoms with van der Waals surface area (Å²) in [6.07, 6.45) is 0.529. The van der Waals surface area contributed by atoms with E-state index in [1.165, 1.54) is 13.8 Å². The Bertz CT molecular complexity index is 1380. The number of carboxylic acid groups (broad SMARTS) is 6. The molecule has 2 aromatic carbocycles. The predicted molar refractivity (Wildman–Crippen MR) is 196 cm³/mol. The number of nitrogens with two attached hydrogens (primary N) is 8. The second-order valence-corrected chi connectivity index (χ2v) is 10.7. The van der Waals surface area contributed by atoms with Gasteiger partial charge in [-0.2, -0.15) is 0 Å². The Morgan fingerprint density at radius 2 is 0.836 bits per heavy atom. The molecule has 2 rings (SSSR count). The molecule has 0 saturated heterocycles. The quantitative estimate of drug-likeness (QED) is 0.0880. The zero-order valence-electron chi connectivity index (χ0n) is 30.1. The molecule has 2 unspecified atom stereocenters. The molecule has 0 spiro atoms. The number of aliphatic carboxylic acids is 6. The summed E-state index contributed by atoms with van der Waals surface area (Å²) in [5, 5.41) is 51.5. The fraction of sp³-hybridized carbons (Fsp3) is 0.375. The van der Waals surface area contributed by atoms with Crippen LogP contribution in [0.5, 0.6) is 0 Å². The summed E-state index contributed by atoms with van der Waals surface area (Å²) in [4.78, 5) is 80.1. The second kappa shape index (κ2) is 32.4. The minimum Gasteiger partial charge on any atom is -0.480 e. The monoisotopic (exact) mass is 787 g/mol. The summed E-state index contributed by atoms with van der Waals surface area (Å²) < 4.78 is 0. The van der Waals surface area contributed by atoms with Crippen molar-refractivity contribution in [3.63, 3.8) is 0 Å². The highest BCUT2D eigenvalue weighted by molar-refractivity contribution is 5.83. The summed E-state index contributed by atoms with van der Waals surface area (Å²) in [5.41, 5.74) is 41.1. The van der Waals surface area contributed by atoms with E-state index in [0.717, 1.165) is 0 Å². The minimum atomic E-state index is -1.21. The Morgan fingerprint density at radius 3 is 1.04 bits per heavy atom. The van der Waals surface area contributed by atoms with Crippen LogP contribution in [-0.4, -0.2) is 109 Å². The van der Waals surface area contributed by atoms with Crippen LogP contribution in [0.15, 0.2) is 60.7 Å². The first kappa shape index (κ1) is 55.5. The third-order valence-corrected chi connectivity index (χ3v) is 5.68. The molecule has 0 aliphatic rings. The normalized spacial score (nSPS) is 12.7. The van der Waals surface area contributed by atoms with Crippen molar-refractivity contribution in [2.45, 2.75) is 69.4 Å². The number of urea groups is 1. The molecule has 0 radical (unpaired) electrons. The first-order valence-electron chi connectivity index (χ1n) is 15.6. The van der Waals surface area contributed by atoms with Crippen LogP contribution in [0.2, 0.25) is 0 Å². The van der Waals surface area contributed by atoms with Gasteiger partial charge in [0.15, 0.2) is 0 Å². The molecule has 0 saturated carbocycles. The molecule has 0 bridgehead atoms. The van der Waals surface area contributed by atoms with Gasteiger partial charge >= 0.3 is 41.8 Å². The van der Waals surface area contributed by atoms with Crippen molar-refractivity contribution in [3.8, 4) is 0 Å². The Hall–Kier alpha value is -6.24. The van der Waals surface area contributed by atoms with Gasteiger partial charge in [0.1, 0.15) is 36.3 Å². The molecule has 0 fully saturated rings. The maximum absolute atomic E-state index is 10.4. The molecule has 3 amide bonds. The van der Waals surface area contributed by atoms with E-state index < -0.39 is 84.0 Å². The fourth-order valence-corrected chi connectivity index (χ4v) is 2.57. The van der Waals surface area contributed by atoms with Crippen LogP contribution >= 0.6 is 0 Å². The summed E-state index contributed by atoms with van der Waals surface area (Å²) in [6, 6.07) is 11.5. The number of amides is 3. The molecule has 0 aliphatic heterocycles. The average Bonchev–Trinajstić information content (AvgIpc) is 3.10. The van der Waals surface area contributed by atoms with Crippen LogP contribution in [0.25, 0.3) is 0 Å². The van der Waals surface area contributed by atoms with E-state index in [4.69, 9.17) is 70.8 Å². The van der Waals surface area contributed by atoms with Crippen molar-refractivity contribution >= 4 is 47.8 Å². The van der Waals surface area contributed by atoms with Gasteiger partial charge in [0.2, 0.25) is 5.91 Å². The molecule has 0 aliphatic carbocycles. The molecule has 55 heavy (non-hydrogen) atoms. The first-order valence-corrected chi connectivity index (χ1v) is 15.6. The number of rotatable bonds is 14. The molecule has 0 heterocycles. The SMILES string of the molecule is CC(N)C(=O)O.C[C@H](N)C(=O)O.NC(=O)C[C@H](N)C(=O)O.NC(=O)NCCC[C@H](N)C(=O)O.NC(C(=O)O)c1ccccc1.N[C@H](C(=O)O)c1ccccc1. The lowest BCUT2D eigenvalue weighted by atomic mass is 10.1. The van der Waals surface area contributed by atoms with Crippen molar-refractivity contribution in [3.05, 3.63) is 71.8 Å². The molecule has 2 aromatic rings. The molecule has 23 heteroatoms. The third kappa shape index (κ3) is 35.9. The second-order valence-electron chi connectivity index (χ2n) is 10.7. The molecular weight excluding hydrogens is 734 g/mol. The van der Waals surface area contributed by atoms with Gasteiger partial charge in [-0.25, -0.2) is 4.79 Å². The lowest BCUT2D eigenvalue weighted by Gasteiger charge is -2.05. The number of nitrogens with one attached hydrogen (secondary N) is 1. The minimum absolute atomic E-state index is 0.310. The highest BCUT2D eigenvalue weighted by atomic mass is 16.4. The van der Waals surface area contributed by atoms with E-state index in [9.17, 15) is 38.4 Å². The first-order chi connectivity index (χ1) is 25.3. The Kier molecular flexibility index (Phi) is 32.7. The van der Waals surface area contributed by atoms with Crippen molar-refractivity contribution < 1.29 is 69.0 Å². The lowest BCUT2D eigenvalue weighted by molar-refractivity contribution is -0.140. The summed E-state index contributed by atoms with van der Waals surface area (Å²) in [7, 11) is 0. The van der Waals surface area contributed by atoms with E-state index in [1.807, 2.05) is 12.1 Å². The van der Waals surface area contributed by atoms with Crippen LogP contribution in [0.3, 0.4) is 0 Å². The zero-order valence-corrected chi connectivity index (χ0v) is 30.1. The van der Waals surface area contributed by atoms with Gasteiger partial charge in [-0.05, 0) is 37.8 Å². The van der Waals surface area contributed by atoms with E-state index in [-0.39, 0.29) is 6.42 Å².